The number of nitrogens with one attached hydrogen (secondary N) is 2. The van der Waals surface area contributed by atoms with Crippen LogP contribution in [0.2, 0.25) is 0 Å². The van der Waals surface area contributed by atoms with Crippen LogP contribution in [0.1, 0.15) is 18.8 Å². The lowest BCUT2D eigenvalue weighted by Crippen LogP contribution is -2.13. The third kappa shape index (κ3) is 2.78. The summed E-state index contributed by atoms with van der Waals surface area (Å²) in [6.45, 7) is 1.97. The second-order valence-corrected chi connectivity index (χ2v) is 6.72. The van der Waals surface area contributed by atoms with Crippen LogP contribution in [0.25, 0.3) is 33.5 Å². The number of nitrogens with zero attached hydrogens (tertiary/aromatic N) is 6. The van der Waals surface area contributed by atoms with E-state index in [0.717, 1.165) is 11.3 Å². The van der Waals surface area contributed by atoms with Gasteiger partial charge in [0.1, 0.15) is 23.5 Å². The molecule has 5 aromatic rings. The first-order valence-corrected chi connectivity index (χ1v) is 9.10. The molecule has 0 saturated heterocycles. The van der Waals surface area contributed by atoms with Gasteiger partial charge in [-0.2, -0.15) is 0 Å². The van der Waals surface area contributed by atoms with E-state index >= 15 is 0 Å². The minimum Gasteiger partial charge on any atom is -0.358 e. The maximum Gasteiger partial charge on any atom is 0.182 e. The molecule has 0 saturated carbocycles. The predicted molar refractivity (Wildman–Crippen MR) is 108 cm³/mol. The fourth-order valence-electron chi connectivity index (χ4n) is 3.58. The molecule has 9 heteroatoms. The first kappa shape index (κ1) is 17.2. The van der Waals surface area contributed by atoms with E-state index in [1.807, 2.05) is 24.6 Å². The Bertz CT molecular complexity index is 1320. The van der Waals surface area contributed by atoms with Crippen LogP contribution in [0, 0.1) is 5.82 Å². The second-order valence-electron chi connectivity index (χ2n) is 6.72. The van der Waals surface area contributed by atoms with Gasteiger partial charge in [0, 0.05) is 13.2 Å². The molecule has 29 heavy (non-hydrogen) atoms. The van der Waals surface area contributed by atoms with E-state index in [4.69, 9.17) is 4.98 Å². The number of anilines is 1. The average molecular weight is 388 g/mol. The zero-order valence-electron chi connectivity index (χ0n) is 15.8. The molecule has 0 amide bonds. The van der Waals surface area contributed by atoms with Gasteiger partial charge in [-0.05, 0) is 31.2 Å². The Balaban J connectivity index is 1.61. The van der Waals surface area contributed by atoms with Gasteiger partial charge in [0.2, 0.25) is 0 Å². The van der Waals surface area contributed by atoms with Crippen LogP contribution in [0.15, 0.2) is 49.2 Å². The van der Waals surface area contributed by atoms with E-state index < -0.39 is 0 Å². The van der Waals surface area contributed by atoms with E-state index in [0.29, 0.717) is 33.8 Å². The Labute approximate surface area is 164 Å². The number of hydrogen-bond acceptors (Lipinski definition) is 6. The van der Waals surface area contributed by atoms with Crippen molar-refractivity contribution >= 4 is 28.0 Å². The number of benzene rings is 1. The summed E-state index contributed by atoms with van der Waals surface area (Å²) in [7, 11) is 1.88. The van der Waals surface area contributed by atoms with Crippen molar-refractivity contribution in [1.82, 2.24) is 34.5 Å². The summed E-state index contributed by atoms with van der Waals surface area (Å²) in [5, 5.41) is 3.35. The Morgan fingerprint density at radius 1 is 1.10 bits per heavy atom. The van der Waals surface area contributed by atoms with Crippen LogP contribution >= 0.6 is 0 Å². The van der Waals surface area contributed by atoms with Gasteiger partial charge >= 0.3 is 0 Å². The number of fused-ring (bicyclic) bond motifs is 2. The third-order valence-electron chi connectivity index (χ3n) is 4.90. The van der Waals surface area contributed by atoms with E-state index in [2.05, 4.69) is 30.2 Å². The number of imidazole rings is 2. The molecule has 5 rings (SSSR count). The van der Waals surface area contributed by atoms with Crippen molar-refractivity contribution in [3.63, 3.8) is 0 Å². The number of halogens is 1. The lowest BCUT2D eigenvalue weighted by atomic mass is 10.1. The number of hydrogen-bond donors (Lipinski definition) is 2. The Kier molecular flexibility index (Phi) is 3.94. The van der Waals surface area contributed by atoms with Gasteiger partial charge in [0.15, 0.2) is 11.5 Å². The van der Waals surface area contributed by atoms with Crippen molar-refractivity contribution in [3.8, 4) is 11.3 Å². The van der Waals surface area contributed by atoms with Crippen molar-refractivity contribution < 1.29 is 4.39 Å². The first-order valence-electron chi connectivity index (χ1n) is 9.10. The fourth-order valence-corrected chi connectivity index (χ4v) is 3.58. The summed E-state index contributed by atoms with van der Waals surface area (Å²) in [5.41, 5.74) is 3.71. The molecular formula is C20H17FN8. The Morgan fingerprint density at radius 2 is 2.00 bits per heavy atom. The highest BCUT2D eigenvalue weighted by atomic mass is 19.1. The monoisotopic (exact) mass is 388 g/mol. The molecule has 4 heterocycles. The summed E-state index contributed by atoms with van der Waals surface area (Å²) >= 11 is 0. The molecule has 0 aliphatic carbocycles. The lowest BCUT2D eigenvalue weighted by Gasteiger charge is -2.15. The van der Waals surface area contributed by atoms with Gasteiger partial charge in [-0.25, -0.2) is 24.3 Å². The molecule has 1 atom stereocenters. The van der Waals surface area contributed by atoms with Crippen LogP contribution in [0.3, 0.4) is 0 Å². The molecule has 0 fully saturated rings. The van der Waals surface area contributed by atoms with Gasteiger partial charge in [-0.1, -0.05) is 6.07 Å². The normalized spacial score (nSPS) is 12.5. The highest BCUT2D eigenvalue weighted by Crippen LogP contribution is 2.32. The molecular weight excluding hydrogens is 371 g/mol. The maximum atomic E-state index is 14.8. The van der Waals surface area contributed by atoms with Gasteiger partial charge < -0.3 is 14.9 Å². The molecule has 0 radical (unpaired) electrons. The first-order chi connectivity index (χ1) is 14.1. The number of H-pyrrole nitrogens is 1. The summed E-state index contributed by atoms with van der Waals surface area (Å²) in [5.74, 6) is 1.04. The van der Waals surface area contributed by atoms with E-state index in [-0.39, 0.29) is 11.9 Å². The topological polar surface area (TPSA) is 97.2 Å². The van der Waals surface area contributed by atoms with Crippen molar-refractivity contribution in [2.75, 3.05) is 5.32 Å². The van der Waals surface area contributed by atoms with Gasteiger partial charge in [-0.3, -0.25) is 4.98 Å². The van der Waals surface area contributed by atoms with E-state index in [1.54, 1.807) is 30.7 Å². The number of aromatic nitrogens is 7. The van der Waals surface area contributed by atoms with Crippen LogP contribution < -0.4 is 5.32 Å². The summed E-state index contributed by atoms with van der Waals surface area (Å²) < 4.78 is 16.7. The van der Waals surface area contributed by atoms with Gasteiger partial charge in [-0.15, -0.1) is 0 Å². The zero-order valence-corrected chi connectivity index (χ0v) is 15.8. The molecule has 4 aromatic heterocycles. The minimum atomic E-state index is -0.332. The molecule has 144 valence electrons. The third-order valence-corrected chi connectivity index (χ3v) is 4.90. The molecule has 1 aromatic carbocycles. The zero-order chi connectivity index (χ0) is 20.0. The van der Waals surface area contributed by atoms with E-state index in [9.17, 15) is 4.39 Å². The molecule has 0 aliphatic rings. The maximum absolute atomic E-state index is 14.8. The summed E-state index contributed by atoms with van der Waals surface area (Å²) in [4.78, 5) is 24.7. The summed E-state index contributed by atoms with van der Waals surface area (Å²) in [6.07, 6.45) is 4.69. The molecule has 0 spiro atoms. The Hall–Kier alpha value is -3.88. The number of pyridine rings is 1. The smallest absolute Gasteiger partial charge is 0.182 e. The molecule has 0 aliphatic heterocycles. The highest BCUT2D eigenvalue weighted by Gasteiger charge is 2.21. The highest BCUT2D eigenvalue weighted by molar-refractivity contribution is 5.92. The predicted octanol–water partition coefficient (Wildman–Crippen LogP) is 3.61. The molecule has 2 N–H and O–H groups in total. The average Bonchev–Trinajstić information content (AvgIpc) is 3.34. The second kappa shape index (κ2) is 6.62. The SMILES string of the molecule is CC(Nc1ncnc2nc[nH]c12)c1nc2ccc(F)c(-c3ccccn3)c2n1C. The van der Waals surface area contributed by atoms with Crippen molar-refractivity contribution in [1.29, 1.82) is 0 Å². The standard InChI is InChI=1S/C20H17FN8/c1-11(27-19-16-18(24-9-23-16)25-10-26-19)20-28-14-7-6-12(21)15(17(14)29(20)2)13-5-3-4-8-22-13/h3-11H,1-2H3,(H2,23,24,25,26,27). The Morgan fingerprint density at radius 3 is 2.83 bits per heavy atom. The van der Waals surface area contributed by atoms with Crippen LogP contribution in [0.5, 0.6) is 0 Å². The number of aromatic amines is 1. The largest absolute Gasteiger partial charge is 0.358 e. The van der Waals surface area contributed by atoms with Crippen molar-refractivity contribution in [3.05, 3.63) is 60.8 Å². The lowest BCUT2D eigenvalue weighted by molar-refractivity contribution is 0.631. The van der Waals surface area contributed by atoms with Crippen LogP contribution in [0.4, 0.5) is 10.2 Å². The van der Waals surface area contributed by atoms with Crippen molar-refractivity contribution in [2.24, 2.45) is 7.05 Å². The van der Waals surface area contributed by atoms with Crippen LogP contribution in [-0.4, -0.2) is 34.5 Å². The molecule has 0 bridgehead atoms. The quantitative estimate of drug-likeness (QED) is 0.488. The van der Waals surface area contributed by atoms with Gasteiger partial charge in [0.05, 0.1) is 34.7 Å². The van der Waals surface area contributed by atoms with E-state index in [1.165, 1.54) is 12.4 Å². The van der Waals surface area contributed by atoms with Crippen molar-refractivity contribution in [2.45, 2.75) is 13.0 Å². The fraction of sp³-hybridized carbons (Fsp3) is 0.150. The van der Waals surface area contributed by atoms with Gasteiger partial charge in [0.25, 0.3) is 0 Å². The molecule has 8 nitrogen and oxygen atoms in total. The number of aryl methyl sites for hydroxylation is 1. The number of rotatable bonds is 4. The minimum absolute atomic E-state index is 0.201. The molecule has 1 unspecified atom stereocenters. The van der Waals surface area contributed by atoms with Crippen LogP contribution in [-0.2, 0) is 7.05 Å². The summed E-state index contributed by atoms with van der Waals surface area (Å²) in [6, 6.07) is 8.35.